The number of aromatic carboxylic acids is 1. The molecule has 2 unspecified atom stereocenters. The molecule has 0 saturated carbocycles. The molecule has 3 heteroatoms. The van der Waals surface area contributed by atoms with Gasteiger partial charge in [0.2, 0.25) is 0 Å². The van der Waals surface area contributed by atoms with Gasteiger partial charge in [-0.3, -0.25) is 0 Å². The van der Waals surface area contributed by atoms with E-state index in [2.05, 4.69) is 5.32 Å². The molecule has 0 spiro atoms. The SMILES string of the molecule is O=C(O)c1ccc2c(c1)C1CCNC(C2)C1. The van der Waals surface area contributed by atoms with Crippen molar-refractivity contribution in [3.63, 3.8) is 0 Å². The Bertz CT molecular complexity index is 442. The summed E-state index contributed by atoms with van der Waals surface area (Å²) in [6, 6.07) is 6.19. The van der Waals surface area contributed by atoms with Gasteiger partial charge >= 0.3 is 5.97 Å². The molecule has 2 aliphatic rings. The van der Waals surface area contributed by atoms with Crippen LogP contribution < -0.4 is 5.32 Å². The van der Waals surface area contributed by atoms with Crippen molar-refractivity contribution in [1.29, 1.82) is 0 Å². The molecule has 1 aliphatic heterocycles. The Balaban J connectivity index is 2.04. The van der Waals surface area contributed by atoms with E-state index < -0.39 is 5.97 Å². The number of nitrogens with one attached hydrogen (secondary N) is 1. The van der Waals surface area contributed by atoms with E-state index >= 15 is 0 Å². The largest absolute Gasteiger partial charge is 0.478 e. The van der Waals surface area contributed by atoms with Crippen molar-refractivity contribution in [3.05, 3.63) is 34.9 Å². The van der Waals surface area contributed by atoms with Crippen molar-refractivity contribution in [1.82, 2.24) is 5.32 Å². The second-order valence-corrected chi connectivity index (χ2v) is 4.80. The van der Waals surface area contributed by atoms with Gasteiger partial charge in [0.25, 0.3) is 0 Å². The Labute approximate surface area is 94.5 Å². The highest BCUT2D eigenvalue weighted by Crippen LogP contribution is 2.36. The van der Waals surface area contributed by atoms with E-state index in [1.165, 1.54) is 11.1 Å². The molecule has 3 nitrogen and oxygen atoms in total. The molecule has 1 heterocycles. The summed E-state index contributed by atoms with van der Waals surface area (Å²) in [6.07, 6.45) is 3.34. The van der Waals surface area contributed by atoms with Crippen LogP contribution in [0.3, 0.4) is 0 Å². The minimum atomic E-state index is -0.821. The highest BCUT2D eigenvalue weighted by Gasteiger charge is 2.30. The lowest BCUT2D eigenvalue weighted by Gasteiger charge is -2.37. The first-order valence-electron chi connectivity index (χ1n) is 5.83. The zero-order valence-electron chi connectivity index (χ0n) is 9.07. The van der Waals surface area contributed by atoms with E-state index in [9.17, 15) is 4.79 Å². The van der Waals surface area contributed by atoms with Crippen LogP contribution in [0.2, 0.25) is 0 Å². The van der Waals surface area contributed by atoms with Gasteiger partial charge in [0, 0.05) is 6.04 Å². The van der Waals surface area contributed by atoms with Crippen LogP contribution in [-0.4, -0.2) is 23.7 Å². The van der Waals surface area contributed by atoms with Crippen LogP contribution >= 0.6 is 0 Å². The average molecular weight is 217 g/mol. The van der Waals surface area contributed by atoms with Crippen LogP contribution in [0, 0.1) is 0 Å². The average Bonchev–Trinajstić information content (AvgIpc) is 2.29. The lowest BCUT2D eigenvalue weighted by atomic mass is 9.76. The molecule has 2 N–H and O–H groups in total. The highest BCUT2D eigenvalue weighted by atomic mass is 16.4. The molecule has 16 heavy (non-hydrogen) atoms. The highest BCUT2D eigenvalue weighted by molar-refractivity contribution is 5.88. The third kappa shape index (κ3) is 1.52. The number of carboxylic acid groups (broad SMARTS) is 1. The summed E-state index contributed by atoms with van der Waals surface area (Å²) in [5.41, 5.74) is 3.03. The Kier molecular flexibility index (Phi) is 2.21. The first kappa shape index (κ1) is 9.85. The molecule has 0 aromatic heterocycles. The molecule has 1 saturated heterocycles. The molecule has 2 bridgehead atoms. The number of carbonyl (C=O) groups is 1. The summed E-state index contributed by atoms with van der Waals surface area (Å²) in [5.74, 6) is -0.256. The second kappa shape index (κ2) is 3.59. The van der Waals surface area contributed by atoms with Gasteiger partial charge < -0.3 is 10.4 Å². The molecule has 84 valence electrons. The second-order valence-electron chi connectivity index (χ2n) is 4.80. The molecular weight excluding hydrogens is 202 g/mol. The number of hydrogen-bond donors (Lipinski definition) is 2. The fraction of sp³-hybridized carbons (Fsp3) is 0.462. The van der Waals surface area contributed by atoms with Crippen molar-refractivity contribution in [2.24, 2.45) is 0 Å². The van der Waals surface area contributed by atoms with Gasteiger partial charge in [0.15, 0.2) is 0 Å². The first-order valence-corrected chi connectivity index (χ1v) is 5.83. The number of fused-ring (bicyclic) bond motifs is 4. The smallest absolute Gasteiger partial charge is 0.335 e. The molecule has 0 radical (unpaired) electrons. The number of rotatable bonds is 1. The number of benzene rings is 1. The van der Waals surface area contributed by atoms with Gasteiger partial charge in [-0.05, 0) is 55.0 Å². The van der Waals surface area contributed by atoms with E-state index in [0.29, 0.717) is 17.5 Å². The third-order valence-corrected chi connectivity index (χ3v) is 3.79. The summed E-state index contributed by atoms with van der Waals surface area (Å²) in [4.78, 5) is 10.9. The van der Waals surface area contributed by atoms with Crippen molar-refractivity contribution < 1.29 is 9.90 Å². The van der Waals surface area contributed by atoms with Gasteiger partial charge in [-0.2, -0.15) is 0 Å². The molecule has 1 aliphatic carbocycles. The molecule has 2 atom stereocenters. The zero-order chi connectivity index (χ0) is 11.1. The van der Waals surface area contributed by atoms with Gasteiger partial charge in [0.05, 0.1) is 5.56 Å². The van der Waals surface area contributed by atoms with Crippen molar-refractivity contribution in [2.45, 2.75) is 31.2 Å². The molecule has 0 amide bonds. The standard InChI is InChI=1S/C13H15NO2/c15-13(16)10-2-1-8-5-11-6-9(3-4-14-11)12(8)7-10/h1-2,7,9,11,14H,3-6H2,(H,15,16). The van der Waals surface area contributed by atoms with E-state index in [1.54, 1.807) is 6.07 Å². The minimum Gasteiger partial charge on any atom is -0.478 e. The van der Waals surface area contributed by atoms with Crippen LogP contribution in [0.5, 0.6) is 0 Å². The summed E-state index contributed by atoms with van der Waals surface area (Å²) < 4.78 is 0. The Hall–Kier alpha value is -1.35. The van der Waals surface area contributed by atoms with Crippen LogP contribution in [0.1, 0.15) is 40.2 Å². The van der Waals surface area contributed by atoms with Crippen LogP contribution in [0.4, 0.5) is 0 Å². The quantitative estimate of drug-likeness (QED) is 0.753. The number of hydrogen-bond acceptors (Lipinski definition) is 2. The predicted octanol–water partition coefficient (Wildman–Crippen LogP) is 1.78. The van der Waals surface area contributed by atoms with Crippen LogP contribution in [0.15, 0.2) is 18.2 Å². The maximum absolute atomic E-state index is 10.9. The molecule has 3 rings (SSSR count). The van der Waals surface area contributed by atoms with Gasteiger partial charge in [-0.25, -0.2) is 4.79 Å². The topological polar surface area (TPSA) is 49.3 Å². The fourth-order valence-corrected chi connectivity index (χ4v) is 3.00. The fourth-order valence-electron chi connectivity index (χ4n) is 3.00. The van der Waals surface area contributed by atoms with Crippen molar-refractivity contribution in [2.75, 3.05) is 6.54 Å². The van der Waals surface area contributed by atoms with Gasteiger partial charge in [0.1, 0.15) is 0 Å². The van der Waals surface area contributed by atoms with Crippen LogP contribution in [0.25, 0.3) is 0 Å². The Morgan fingerprint density at radius 2 is 2.31 bits per heavy atom. The zero-order valence-corrected chi connectivity index (χ0v) is 9.07. The maximum Gasteiger partial charge on any atom is 0.335 e. The van der Waals surface area contributed by atoms with Gasteiger partial charge in [-0.1, -0.05) is 6.07 Å². The first-order chi connectivity index (χ1) is 7.74. The van der Waals surface area contributed by atoms with E-state index in [4.69, 9.17) is 5.11 Å². The third-order valence-electron chi connectivity index (χ3n) is 3.79. The van der Waals surface area contributed by atoms with E-state index in [1.807, 2.05) is 12.1 Å². The summed E-state index contributed by atoms with van der Waals surface area (Å²) >= 11 is 0. The monoisotopic (exact) mass is 217 g/mol. The minimum absolute atomic E-state index is 0.427. The predicted molar refractivity (Wildman–Crippen MR) is 60.9 cm³/mol. The number of piperidine rings is 1. The lowest BCUT2D eigenvalue weighted by Crippen LogP contribution is -2.42. The van der Waals surface area contributed by atoms with Crippen molar-refractivity contribution >= 4 is 5.97 Å². The van der Waals surface area contributed by atoms with Gasteiger partial charge in [-0.15, -0.1) is 0 Å². The molecular formula is C13H15NO2. The van der Waals surface area contributed by atoms with Crippen LogP contribution in [-0.2, 0) is 6.42 Å². The van der Waals surface area contributed by atoms with E-state index in [-0.39, 0.29) is 0 Å². The maximum atomic E-state index is 10.9. The molecule has 1 aromatic rings. The van der Waals surface area contributed by atoms with E-state index in [0.717, 1.165) is 25.8 Å². The summed E-state index contributed by atoms with van der Waals surface area (Å²) in [5, 5.41) is 12.5. The number of carboxylic acids is 1. The molecule has 1 aromatic carbocycles. The summed E-state index contributed by atoms with van der Waals surface area (Å²) in [7, 11) is 0. The lowest BCUT2D eigenvalue weighted by molar-refractivity contribution is 0.0696. The Morgan fingerprint density at radius 1 is 1.44 bits per heavy atom. The normalized spacial score (nSPS) is 27.2. The molecule has 1 fully saturated rings. The Morgan fingerprint density at radius 3 is 3.12 bits per heavy atom. The summed E-state index contributed by atoms with van der Waals surface area (Å²) in [6.45, 7) is 1.06. The van der Waals surface area contributed by atoms with Crippen molar-refractivity contribution in [3.8, 4) is 0 Å².